The number of hydrogen-bond donors (Lipinski definition) is 3. The molecular formula is C26H30N6O4. The molecule has 1 saturated heterocycles. The maximum Gasteiger partial charge on any atom is 0.254 e. The summed E-state index contributed by atoms with van der Waals surface area (Å²) in [6, 6.07) is 17.1. The second-order valence-corrected chi connectivity index (χ2v) is 9.13. The van der Waals surface area contributed by atoms with Gasteiger partial charge in [-0.3, -0.25) is 14.4 Å². The second-order valence-electron chi connectivity index (χ2n) is 9.13. The molecule has 0 saturated carbocycles. The first-order chi connectivity index (χ1) is 17.5. The molecule has 0 aliphatic carbocycles. The molecule has 3 heterocycles. The Labute approximate surface area is 209 Å². The van der Waals surface area contributed by atoms with Gasteiger partial charge in [0.05, 0.1) is 6.04 Å². The molecule has 36 heavy (non-hydrogen) atoms. The lowest BCUT2D eigenvalue weighted by molar-refractivity contribution is -0.137. The maximum atomic E-state index is 12.5. The quantitative estimate of drug-likeness (QED) is 0.433. The number of nitrogens with two attached hydrogens (primary N) is 2. The smallest absolute Gasteiger partial charge is 0.254 e. The van der Waals surface area contributed by atoms with Crippen LogP contribution in [0.4, 0.5) is 5.82 Å². The minimum absolute atomic E-state index is 0.0981. The Balaban J connectivity index is 1.38. The van der Waals surface area contributed by atoms with E-state index in [9.17, 15) is 9.59 Å². The number of primary amides is 1. The van der Waals surface area contributed by atoms with Crippen LogP contribution >= 0.6 is 0 Å². The highest BCUT2D eigenvalue weighted by Gasteiger charge is 2.35. The van der Waals surface area contributed by atoms with Gasteiger partial charge in [0.2, 0.25) is 0 Å². The zero-order valence-electron chi connectivity index (χ0n) is 19.9. The van der Waals surface area contributed by atoms with Gasteiger partial charge in [-0.15, -0.1) is 0 Å². The number of carbonyl (C=O) groups excluding carboxylic acids is 2. The number of rotatable bonds is 7. The summed E-state index contributed by atoms with van der Waals surface area (Å²) in [4.78, 5) is 30.9. The highest BCUT2D eigenvalue weighted by Crippen LogP contribution is 2.40. The molecule has 1 atom stereocenters. The molecule has 1 fully saturated rings. The van der Waals surface area contributed by atoms with Gasteiger partial charge in [-0.1, -0.05) is 18.2 Å². The van der Waals surface area contributed by atoms with Crippen LogP contribution in [0.1, 0.15) is 35.7 Å². The van der Waals surface area contributed by atoms with E-state index in [0.717, 1.165) is 37.1 Å². The fourth-order valence-corrected chi connectivity index (χ4v) is 5.18. The molecule has 0 bridgehead atoms. The average molecular weight is 491 g/mol. The van der Waals surface area contributed by atoms with Crippen molar-refractivity contribution in [2.24, 2.45) is 17.5 Å². The van der Waals surface area contributed by atoms with E-state index in [0.29, 0.717) is 41.8 Å². The van der Waals surface area contributed by atoms with Crippen molar-refractivity contribution in [1.82, 2.24) is 14.7 Å². The number of likely N-dealkylation sites (tertiary alicyclic amines) is 1. The predicted octanol–water partition coefficient (Wildman–Crippen LogP) is 2.93. The fraction of sp³-hybridized carbons (Fsp3) is 0.346. The summed E-state index contributed by atoms with van der Waals surface area (Å²) in [5.41, 5.74) is 7.56. The Morgan fingerprint density at radius 1 is 1.00 bits per heavy atom. The molecule has 2 aromatic carbocycles. The molecule has 5 N–H and O–H groups in total. The summed E-state index contributed by atoms with van der Waals surface area (Å²) in [7, 11) is 0. The van der Waals surface area contributed by atoms with Crippen LogP contribution in [0.25, 0.3) is 11.3 Å². The monoisotopic (exact) mass is 490 g/mol. The number of fused-ring (bicyclic) bond motifs is 1. The van der Waals surface area contributed by atoms with Gasteiger partial charge in [0.1, 0.15) is 35.2 Å². The van der Waals surface area contributed by atoms with Gasteiger partial charge in [0.15, 0.2) is 0 Å². The average Bonchev–Trinajstić information content (AvgIpc) is 3.30. The van der Waals surface area contributed by atoms with Crippen molar-refractivity contribution in [3.05, 3.63) is 60.2 Å². The summed E-state index contributed by atoms with van der Waals surface area (Å²) in [5.74, 6) is 6.85. The summed E-state index contributed by atoms with van der Waals surface area (Å²) >= 11 is 0. The third-order valence-corrected chi connectivity index (χ3v) is 6.95. The second kappa shape index (κ2) is 10.4. The number of aromatic nitrogens is 2. The number of benzene rings is 2. The third-order valence-electron chi connectivity index (χ3n) is 6.95. The van der Waals surface area contributed by atoms with E-state index in [1.807, 2.05) is 59.3 Å². The Morgan fingerprint density at radius 2 is 1.69 bits per heavy atom. The molecule has 2 aliphatic heterocycles. The van der Waals surface area contributed by atoms with Crippen LogP contribution in [0, 0.1) is 5.92 Å². The molecule has 2 aliphatic rings. The van der Waals surface area contributed by atoms with Crippen molar-refractivity contribution >= 4 is 17.6 Å². The van der Waals surface area contributed by atoms with Crippen LogP contribution in [0.5, 0.6) is 11.5 Å². The maximum absolute atomic E-state index is 12.5. The number of carbonyl (C=O) groups is 2. The molecule has 0 radical (unpaired) electrons. The normalized spacial score (nSPS) is 17.8. The topological polar surface area (TPSA) is 138 Å². The Kier molecular flexibility index (Phi) is 6.88. The summed E-state index contributed by atoms with van der Waals surface area (Å²) in [6.45, 7) is 1.90. The first-order valence-electron chi connectivity index (χ1n) is 12.1. The van der Waals surface area contributed by atoms with Crippen LogP contribution in [0.2, 0.25) is 0 Å². The number of piperidine rings is 1. The molecule has 2 amide bonds. The van der Waals surface area contributed by atoms with Gasteiger partial charge >= 0.3 is 0 Å². The predicted molar refractivity (Wildman–Crippen MR) is 134 cm³/mol. The molecule has 1 aromatic heterocycles. The highest BCUT2D eigenvalue weighted by atomic mass is 16.6. The van der Waals surface area contributed by atoms with E-state index in [4.69, 9.17) is 21.5 Å². The Hall–Kier alpha value is -3.89. The Morgan fingerprint density at radius 3 is 2.36 bits per heavy atom. The number of nitrogens with one attached hydrogen (secondary N) is 1. The number of anilines is 1. The Bertz CT molecular complexity index is 1220. The van der Waals surface area contributed by atoms with E-state index in [2.05, 4.69) is 10.2 Å². The molecule has 3 aromatic rings. The van der Waals surface area contributed by atoms with Crippen LogP contribution in [0.15, 0.2) is 54.6 Å². The largest absolute Gasteiger partial charge is 0.457 e. The lowest BCUT2D eigenvalue weighted by atomic mass is 9.87. The van der Waals surface area contributed by atoms with Crippen molar-refractivity contribution in [2.45, 2.75) is 25.3 Å². The van der Waals surface area contributed by atoms with Gasteiger partial charge in [0.25, 0.3) is 11.8 Å². The van der Waals surface area contributed by atoms with Crippen molar-refractivity contribution in [2.75, 3.05) is 31.6 Å². The summed E-state index contributed by atoms with van der Waals surface area (Å²) in [6.07, 6.45) is 2.56. The van der Waals surface area contributed by atoms with E-state index in [1.54, 1.807) is 4.90 Å². The number of para-hydroxylation sites is 1. The van der Waals surface area contributed by atoms with Crippen LogP contribution < -0.4 is 21.7 Å². The highest BCUT2D eigenvalue weighted by molar-refractivity contribution is 6.03. The number of hydrogen-bond acceptors (Lipinski definition) is 7. The minimum Gasteiger partial charge on any atom is -0.457 e. The van der Waals surface area contributed by atoms with Crippen LogP contribution in [0.3, 0.4) is 0 Å². The fourth-order valence-electron chi connectivity index (χ4n) is 5.18. The number of amides is 2. The summed E-state index contributed by atoms with van der Waals surface area (Å²) in [5, 5.41) is 8.23. The molecule has 188 valence electrons. The minimum atomic E-state index is -0.522. The lowest BCUT2D eigenvalue weighted by Crippen LogP contribution is -2.43. The van der Waals surface area contributed by atoms with Gasteiger partial charge in [-0.25, -0.2) is 10.6 Å². The van der Waals surface area contributed by atoms with E-state index < -0.39 is 5.91 Å². The molecule has 10 heteroatoms. The zero-order chi connectivity index (χ0) is 25.1. The molecule has 5 rings (SSSR count). The van der Waals surface area contributed by atoms with Crippen molar-refractivity contribution in [1.29, 1.82) is 0 Å². The molecule has 10 nitrogen and oxygen atoms in total. The van der Waals surface area contributed by atoms with Gasteiger partial charge < -0.3 is 20.7 Å². The molecule has 0 unspecified atom stereocenters. The standard InChI is InChI=1S/C26H30N6O4/c27-25(34)23-24(18-6-8-20(9-7-18)36-19-4-2-1-3-5-19)30-32-21(10-13-29-26(23)32)17-11-14-31(15-12-17)22(33)16-35-28/h1-9,17,21,29H,10-16,28H2,(H2,27,34)/t21-/m0/s1. The first kappa shape index (κ1) is 23.8. The lowest BCUT2D eigenvalue weighted by Gasteiger charge is -2.38. The molecule has 0 spiro atoms. The van der Waals surface area contributed by atoms with Crippen molar-refractivity contribution in [3.63, 3.8) is 0 Å². The van der Waals surface area contributed by atoms with Gasteiger partial charge in [-0.2, -0.15) is 5.10 Å². The van der Waals surface area contributed by atoms with Crippen molar-refractivity contribution in [3.8, 4) is 22.8 Å². The zero-order valence-corrected chi connectivity index (χ0v) is 19.9. The summed E-state index contributed by atoms with van der Waals surface area (Å²) < 4.78 is 7.82. The van der Waals surface area contributed by atoms with E-state index in [1.165, 1.54) is 0 Å². The SMILES string of the molecule is NOCC(=O)N1CCC([C@@H]2CCNc3c(C(N)=O)c(-c4ccc(Oc5ccccc5)cc4)nn32)CC1. The number of ether oxygens (including phenoxy) is 1. The van der Waals surface area contributed by atoms with Crippen LogP contribution in [-0.2, 0) is 9.63 Å². The van der Waals surface area contributed by atoms with E-state index >= 15 is 0 Å². The van der Waals surface area contributed by atoms with Crippen LogP contribution in [-0.4, -0.2) is 52.7 Å². The number of nitrogens with zero attached hydrogens (tertiary/aromatic N) is 3. The van der Waals surface area contributed by atoms with Gasteiger partial charge in [-0.05, 0) is 61.6 Å². The third kappa shape index (κ3) is 4.77. The molecular weight excluding hydrogens is 460 g/mol. The van der Waals surface area contributed by atoms with Gasteiger partial charge in [0, 0.05) is 25.2 Å². The first-order valence-corrected chi connectivity index (χ1v) is 12.1. The van der Waals surface area contributed by atoms with E-state index in [-0.39, 0.29) is 18.6 Å². The van der Waals surface area contributed by atoms with Crippen molar-refractivity contribution < 1.29 is 19.2 Å².